The van der Waals surface area contributed by atoms with E-state index in [1.165, 1.54) is 0 Å². The van der Waals surface area contributed by atoms with E-state index in [1.54, 1.807) is 0 Å². The first-order chi connectivity index (χ1) is 9.63. The molecule has 3 nitrogen and oxygen atoms in total. The summed E-state index contributed by atoms with van der Waals surface area (Å²) in [5.41, 5.74) is 10.1. The average molecular weight is 287 g/mol. The molecule has 4 heteroatoms. The number of oxazole rings is 1. The van der Waals surface area contributed by atoms with Gasteiger partial charge in [0.2, 0.25) is 0 Å². The Morgan fingerprint density at radius 3 is 2.80 bits per heavy atom. The average Bonchev–Trinajstić information content (AvgIpc) is 2.80. The van der Waals surface area contributed by atoms with Gasteiger partial charge in [0.05, 0.1) is 0 Å². The molecule has 102 valence electrons. The maximum atomic E-state index is 6.26. The molecule has 3 rings (SSSR count). The quantitative estimate of drug-likeness (QED) is 0.791. The summed E-state index contributed by atoms with van der Waals surface area (Å²) in [6.07, 6.45) is 0.567. The van der Waals surface area contributed by atoms with Crippen LogP contribution >= 0.6 is 11.6 Å². The van der Waals surface area contributed by atoms with Crippen molar-refractivity contribution >= 4 is 22.7 Å². The van der Waals surface area contributed by atoms with Crippen molar-refractivity contribution in [1.82, 2.24) is 4.98 Å². The largest absolute Gasteiger partial charge is 0.441 e. The summed E-state index contributed by atoms with van der Waals surface area (Å²) in [4.78, 5) is 4.45. The van der Waals surface area contributed by atoms with Crippen molar-refractivity contribution in [2.24, 2.45) is 5.73 Å². The number of fused-ring (bicyclic) bond motifs is 1. The minimum atomic E-state index is -0.152. The van der Waals surface area contributed by atoms with E-state index in [2.05, 4.69) is 4.98 Å². The highest BCUT2D eigenvalue weighted by Crippen LogP contribution is 2.24. The van der Waals surface area contributed by atoms with Crippen molar-refractivity contribution in [1.29, 1.82) is 0 Å². The number of para-hydroxylation sites is 2. The van der Waals surface area contributed by atoms with Gasteiger partial charge in [-0.1, -0.05) is 29.8 Å². The van der Waals surface area contributed by atoms with E-state index < -0.39 is 0 Å². The fourth-order valence-electron chi connectivity index (χ4n) is 2.36. The van der Waals surface area contributed by atoms with Gasteiger partial charge in [0.25, 0.3) is 0 Å². The third kappa shape index (κ3) is 2.55. The molecule has 3 aromatic rings. The number of hydrogen-bond donors (Lipinski definition) is 1. The second kappa shape index (κ2) is 5.27. The number of benzene rings is 2. The highest BCUT2D eigenvalue weighted by molar-refractivity contribution is 6.30. The summed E-state index contributed by atoms with van der Waals surface area (Å²) in [5, 5.41) is 0.723. The maximum Gasteiger partial charge on any atom is 0.197 e. The standard InChI is InChI=1S/C16H15ClN2O/c1-10-8-11(17)6-7-12(10)13(18)9-16-19-14-4-2-3-5-15(14)20-16/h2-8,13H,9,18H2,1H3. The minimum Gasteiger partial charge on any atom is -0.441 e. The van der Waals surface area contributed by atoms with Crippen LogP contribution in [-0.2, 0) is 6.42 Å². The maximum absolute atomic E-state index is 6.26. The molecule has 0 spiro atoms. The number of nitrogens with two attached hydrogens (primary N) is 1. The van der Waals surface area contributed by atoms with Crippen LogP contribution in [0.15, 0.2) is 46.9 Å². The first kappa shape index (κ1) is 13.2. The first-order valence-electron chi connectivity index (χ1n) is 6.49. The van der Waals surface area contributed by atoms with Gasteiger partial charge >= 0.3 is 0 Å². The number of aromatic nitrogens is 1. The molecule has 20 heavy (non-hydrogen) atoms. The monoisotopic (exact) mass is 286 g/mol. The second-order valence-corrected chi connectivity index (χ2v) is 5.32. The van der Waals surface area contributed by atoms with Crippen LogP contribution in [0.5, 0.6) is 0 Å². The van der Waals surface area contributed by atoms with Crippen molar-refractivity contribution in [3.05, 3.63) is 64.5 Å². The van der Waals surface area contributed by atoms with Gasteiger partial charge in [-0.15, -0.1) is 0 Å². The molecule has 0 radical (unpaired) electrons. The number of hydrogen-bond acceptors (Lipinski definition) is 3. The van der Waals surface area contributed by atoms with Crippen LogP contribution in [0.25, 0.3) is 11.1 Å². The molecular weight excluding hydrogens is 272 g/mol. The van der Waals surface area contributed by atoms with Gasteiger partial charge in [-0.2, -0.15) is 0 Å². The summed E-state index contributed by atoms with van der Waals surface area (Å²) in [6.45, 7) is 2.01. The molecule has 0 fully saturated rings. The first-order valence-corrected chi connectivity index (χ1v) is 6.87. The van der Waals surface area contributed by atoms with E-state index in [1.807, 2.05) is 49.4 Å². The van der Waals surface area contributed by atoms with Crippen molar-refractivity contribution in [3.8, 4) is 0 Å². The summed E-state index contributed by atoms with van der Waals surface area (Å²) in [5.74, 6) is 0.660. The van der Waals surface area contributed by atoms with Gasteiger partial charge in [0.15, 0.2) is 11.5 Å². The topological polar surface area (TPSA) is 52.0 Å². The van der Waals surface area contributed by atoms with E-state index >= 15 is 0 Å². The van der Waals surface area contributed by atoms with E-state index in [4.69, 9.17) is 21.8 Å². The van der Waals surface area contributed by atoms with E-state index in [9.17, 15) is 0 Å². The van der Waals surface area contributed by atoms with Gasteiger partial charge in [-0.3, -0.25) is 0 Å². The Bertz CT molecular complexity index is 718. The summed E-state index contributed by atoms with van der Waals surface area (Å²) in [6, 6.07) is 13.3. The molecule has 0 aliphatic carbocycles. The molecule has 0 saturated heterocycles. The molecule has 1 heterocycles. The van der Waals surface area contributed by atoms with Crippen molar-refractivity contribution in [2.75, 3.05) is 0 Å². The Morgan fingerprint density at radius 2 is 2.05 bits per heavy atom. The Balaban J connectivity index is 1.86. The smallest absolute Gasteiger partial charge is 0.197 e. The predicted octanol–water partition coefficient (Wildman–Crippen LogP) is 4.03. The van der Waals surface area contributed by atoms with E-state index in [-0.39, 0.29) is 6.04 Å². The lowest BCUT2D eigenvalue weighted by Gasteiger charge is -2.13. The molecule has 2 aromatic carbocycles. The fraction of sp³-hybridized carbons (Fsp3) is 0.188. The third-order valence-electron chi connectivity index (χ3n) is 3.36. The predicted molar refractivity (Wildman–Crippen MR) is 80.8 cm³/mol. The molecule has 2 N–H and O–H groups in total. The number of rotatable bonds is 3. The zero-order valence-corrected chi connectivity index (χ0v) is 11.9. The van der Waals surface area contributed by atoms with Gasteiger partial charge in [-0.25, -0.2) is 4.98 Å². The van der Waals surface area contributed by atoms with Crippen LogP contribution < -0.4 is 5.73 Å². The molecule has 0 aliphatic rings. The molecule has 0 bridgehead atoms. The van der Waals surface area contributed by atoms with E-state index in [0.29, 0.717) is 12.3 Å². The van der Waals surface area contributed by atoms with Crippen LogP contribution in [0.4, 0.5) is 0 Å². The molecule has 0 amide bonds. The zero-order chi connectivity index (χ0) is 14.1. The van der Waals surface area contributed by atoms with Gasteiger partial charge in [0.1, 0.15) is 5.52 Å². The summed E-state index contributed by atoms with van der Waals surface area (Å²) >= 11 is 5.96. The molecule has 1 aromatic heterocycles. The fourth-order valence-corrected chi connectivity index (χ4v) is 2.59. The van der Waals surface area contributed by atoms with Crippen LogP contribution in [0, 0.1) is 6.92 Å². The normalized spacial score (nSPS) is 12.8. The lowest BCUT2D eigenvalue weighted by Crippen LogP contribution is -2.14. The Hall–Kier alpha value is -1.84. The molecule has 0 aliphatic heterocycles. The van der Waals surface area contributed by atoms with Crippen molar-refractivity contribution in [3.63, 3.8) is 0 Å². The summed E-state index contributed by atoms with van der Waals surface area (Å²) < 4.78 is 5.71. The highest BCUT2D eigenvalue weighted by Gasteiger charge is 2.14. The van der Waals surface area contributed by atoms with Gasteiger partial charge in [-0.05, 0) is 42.3 Å². The minimum absolute atomic E-state index is 0.152. The SMILES string of the molecule is Cc1cc(Cl)ccc1C(N)Cc1nc2ccccc2o1. The second-order valence-electron chi connectivity index (χ2n) is 4.89. The third-order valence-corrected chi connectivity index (χ3v) is 3.60. The molecule has 1 unspecified atom stereocenters. The van der Waals surface area contributed by atoms with Crippen LogP contribution in [0.2, 0.25) is 5.02 Å². The Labute approximate surface area is 122 Å². The van der Waals surface area contributed by atoms with Crippen LogP contribution in [-0.4, -0.2) is 4.98 Å². The Kier molecular flexibility index (Phi) is 3.47. The number of nitrogens with zero attached hydrogens (tertiary/aromatic N) is 1. The van der Waals surface area contributed by atoms with Crippen molar-refractivity contribution in [2.45, 2.75) is 19.4 Å². The highest BCUT2D eigenvalue weighted by atomic mass is 35.5. The lowest BCUT2D eigenvalue weighted by molar-refractivity contribution is 0.502. The molecule has 0 saturated carbocycles. The molecular formula is C16H15ClN2O. The zero-order valence-electron chi connectivity index (χ0n) is 11.1. The Morgan fingerprint density at radius 1 is 1.25 bits per heavy atom. The van der Waals surface area contributed by atoms with Gasteiger partial charge in [0, 0.05) is 17.5 Å². The number of halogens is 1. The number of aryl methyl sites for hydroxylation is 1. The van der Waals surface area contributed by atoms with Crippen LogP contribution in [0.1, 0.15) is 23.1 Å². The molecule has 1 atom stereocenters. The van der Waals surface area contributed by atoms with Crippen molar-refractivity contribution < 1.29 is 4.42 Å². The van der Waals surface area contributed by atoms with Crippen LogP contribution in [0.3, 0.4) is 0 Å². The van der Waals surface area contributed by atoms with E-state index in [0.717, 1.165) is 27.2 Å². The lowest BCUT2D eigenvalue weighted by atomic mass is 10.00. The van der Waals surface area contributed by atoms with Gasteiger partial charge < -0.3 is 10.2 Å². The summed E-state index contributed by atoms with van der Waals surface area (Å²) in [7, 11) is 0.